The van der Waals surface area contributed by atoms with Gasteiger partial charge in [-0.15, -0.1) is 0 Å². The molecule has 0 spiro atoms. The van der Waals surface area contributed by atoms with E-state index < -0.39 is 0 Å². The molecule has 0 saturated heterocycles. The second-order valence-corrected chi connectivity index (χ2v) is 6.18. The van der Waals surface area contributed by atoms with E-state index >= 15 is 0 Å². The first-order valence-corrected chi connectivity index (χ1v) is 7.86. The van der Waals surface area contributed by atoms with Gasteiger partial charge in [-0.2, -0.15) is 0 Å². The highest BCUT2D eigenvalue weighted by Crippen LogP contribution is 2.23. The molecule has 0 fully saturated rings. The zero-order valence-electron chi connectivity index (χ0n) is 13.4. The number of pyridine rings is 1. The van der Waals surface area contributed by atoms with Gasteiger partial charge >= 0.3 is 0 Å². The standard InChI is InChI=1S/C19H21N3O/c1-13(2)18-7-4-10-22(18)19(23)15-6-3-5-14(11-15)17-9-8-16(20)12-21-17/h3-9,11-13,18H,10,20H2,1-2H3/t18-/m1/s1. The number of nitrogens with zero attached hydrogens (tertiary/aromatic N) is 2. The van der Waals surface area contributed by atoms with E-state index in [2.05, 4.69) is 31.0 Å². The summed E-state index contributed by atoms with van der Waals surface area (Å²) in [7, 11) is 0. The molecule has 0 aliphatic carbocycles. The van der Waals surface area contributed by atoms with Crippen LogP contribution in [0.2, 0.25) is 0 Å². The number of anilines is 1. The second-order valence-electron chi connectivity index (χ2n) is 6.18. The highest BCUT2D eigenvalue weighted by Gasteiger charge is 2.27. The third-order valence-corrected chi connectivity index (χ3v) is 4.13. The molecule has 2 heterocycles. The fourth-order valence-electron chi connectivity index (χ4n) is 2.89. The van der Waals surface area contributed by atoms with Crippen LogP contribution in [0.3, 0.4) is 0 Å². The largest absolute Gasteiger partial charge is 0.397 e. The lowest BCUT2D eigenvalue weighted by Crippen LogP contribution is -2.39. The topological polar surface area (TPSA) is 59.2 Å². The molecule has 1 aliphatic rings. The number of carbonyl (C=O) groups is 1. The van der Waals surface area contributed by atoms with Gasteiger partial charge in [-0.3, -0.25) is 9.78 Å². The third-order valence-electron chi connectivity index (χ3n) is 4.13. The lowest BCUT2D eigenvalue weighted by Gasteiger charge is -2.27. The monoisotopic (exact) mass is 307 g/mol. The molecule has 0 unspecified atom stereocenters. The van der Waals surface area contributed by atoms with Crippen LogP contribution < -0.4 is 5.73 Å². The summed E-state index contributed by atoms with van der Waals surface area (Å²) in [5, 5.41) is 0. The molecule has 1 atom stereocenters. The summed E-state index contributed by atoms with van der Waals surface area (Å²) in [5.74, 6) is 0.464. The predicted octanol–water partition coefficient (Wildman–Crippen LogP) is 3.37. The molecular formula is C19H21N3O. The summed E-state index contributed by atoms with van der Waals surface area (Å²) in [5.41, 5.74) is 8.73. The van der Waals surface area contributed by atoms with Gasteiger partial charge < -0.3 is 10.6 Å². The van der Waals surface area contributed by atoms with Crippen molar-refractivity contribution in [1.29, 1.82) is 0 Å². The summed E-state index contributed by atoms with van der Waals surface area (Å²) in [6, 6.07) is 11.5. The quantitative estimate of drug-likeness (QED) is 0.884. The molecule has 2 aromatic rings. The van der Waals surface area contributed by atoms with Gasteiger partial charge in [-0.25, -0.2) is 0 Å². The number of amides is 1. The van der Waals surface area contributed by atoms with Crippen LogP contribution >= 0.6 is 0 Å². The Morgan fingerprint density at radius 2 is 2.13 bits per heavy atom. The van der Waals surface area contributed by atoms with E-state index in [1.165, 1.54) is 0 Å². The van der Waals surface area contributed by atoms with Crippen molar-refractivity contribution in [3.8, 4) is 11.3 Å². The first kappa shape index (κ1) is 15.3. The van der Waals surface area contributed by atoms with Gasteiger partial charge in [0.1, 0.15) is 0 Å². The molecule has 0 saturated carbocycles. The first-order chi connectivity index (χ1) is 11.1. The van der Waals surface area contributed by atoms with Crippen molar-refractivity contribution in [3.63, 3.8) is 0 Å². The zero-order valence-corrected chi connectivity index (χ0v) is 13.4. The minimum atomic E-state index is 0.0611. The highest BCUT2D eigenvalue weighted by atomic mass is 16.2. The maximum Gasteiger partial charge on any atom is 0.254 e. The molecule has 23 heavy (non-hydrogen) atoms. The van der Waals surface area contributed by atoms with E-state index in [1.54, 1.807) is 6.20 Å². The van der Waals surface area contributed by atoms with Crippen molar-refractivity contribution < 1.29 is 4.79 Å². The van der Waals surface area contributed by atoms with Gasteiger partial charge in [0.2, 0.25) is 0 Å². The van der Waals surface area contributed by atoms with Crippen LogP contribution in [0.1, 0.15) is 24.2 Å². The van der Waals surface area contributed by atoms with Crippen molar-refractivity contribution in [3.05, 3.63) is 60.3 Å². The summed E-state index contributed by atoms with van der Waals surface area (Å²) in [4.78, 5) is 19.1. The van der Waals surface area contributed by atoms with Crippen molar-refractivity contribution in [2.24, 2.45) is 5.92 Å². The molecule has 1 aliphatic heterocycles. The maximum absolute atomic E-state index is 12.8. The number of hydrogen-bond acceptors (Lipinski definition) is 3. The van der Waals surface area contributed by atoms with E-state index in [-0.39, 0.29) is 11.9 Å². The van der Waals surface area contributed by atoms with Gasteiger partial charge in [0.15, 0.2) is 0 Å². The Kier molecular flexibility index (Phi) is 4.15. The molecule has 118 valence electrons. The summed E-state index contributed by atoms with van der Waals surface area (Å²) in [6.45, 7) is 4.94. The van der Waals surface area contributed by atoms with Gasteiger partial charge in [0, 0.05) is 17.7 Å². The Labute approximate surface area is 136 Å². The molecule has 3 rings (SSSR count). The molecular weight excluding hydrogens is 286 g/mol. The Balaban J connectivity index is 1.88. The van der Waals surface area contributed by atoms with Crippen molar-refractivity contribution in [2.75, 3.05) is 12.3 Å². The van der Waals surface area contributed by atoms with Gasteiger partial charge in [0.25, 0.3) is 5.91 Å². The van der Waals surface area contributed by atoms with E-state index in [1.807, 2.05) is 41.3 Å². The fraction of sp³-hybridized carbons (Fsp3) is 0.263. The molecule has 4 heteroatoms. The molecule has 0 bridgehead atoms. The average Bonchev–Trinajstić information content (AvgIpc) is 3.05. The third kappa shape index (κ3) is 3.11. The van der Waals surface area contributed by atoms with Crippen molar-refractivity contribution >= 4 is 11.6 Å². The number of rotatable bonds is 3. The summed E-state index contributed by atoms with van der Waals surface area (Å²) < 4.78 is 0. The lowest BCUT2D eigenvalue weighted by atomic mass is 10.0. The van der Waals surface area contributed by atoms with Crippen LogP contribution in [0.25, 0.3) is 11.3 Å². The normalized spacial score (nSPS) is 17.0. The van der Waals surface area contributed by atoms with Gasteiger partial charge in [-0.05, 0) is 30.2 Å². The van der Waals surface area contributed by atoms with Crippen LogP contribution in [0.5, 0.6) is 0 Å². The van der Waals surface area contributed by atoms with Crippen LogP contribution in [0.4, 0.5) is 5.69 Å². The van der Waals surface area contributed by atoms with E-state index in [0.717, 1.165) is 11.3 Å². The molecule has 1 aromatic carbocycles. The fourth-order valence-corrected chi connectivity index (χ4v) is 2.89. The average molecular weight is 307 g/mol. The van der Waals surface area contributed by atoms with Crippen LogP contribution in [-0.4, -0.2) is 28.4 Å². The van der Waals surface area contributed by atoms with Gasteiger partial charge in [-0.1, -0.05) is 38.1 Å². The summed E-state index contributed by atoms with van der Waals surface area (Å²) >= 11 is 0. The number of nitrogen functional groups attached to an aromatic ring is 1. The lowest BCUT2D eigenvalue weighted by molar-refractivity contribution is 0.0720. The number of carbonyl (C=O) groups excluding carboxylic acids is 1. The van der Waals surface area contributed by atoms with E-state index in [0.29, 0.717) is 23.7 Å². The number of benzene rings is 1. The second kappa shape index (κ2) is 6.24. The Bertz CT molecular complexity index is 735. The predicted molar refractivity (Wildman–Crippen MR) is 92.9 cm³/mol. The van der Waals surface area contributed by atoms with Crippen LogP contribution in [0, 0.1) is 5.92 Å². The highest BCUT2D eigenvalue weighted by molar-refractivity contribution is 5.96. The van der Waals surface area contributed by atoms with E-state index in [4.69, 9.17) is 5.73 Å². The minimum absolute atomic E-state index is 0.0611. The van der Waals surface area contributed by atoms with Gasteiger partial charge in [0.05, 0.1) is 23.6 Å². The molecule has 2 N–H and O–H groups in total. The number of hydrogen-bond donors (Lipinski definition) is 1. The molecule has 4 nitrogen and oxygen atoms in total. The van der Waals surface area contributed by atoms with E-state index in [9.17, 15) is 4.79 Å². The number of aromatic nitrogens is 1. The molecule has 0 radical (unpaired) electrons. The molecule has 1 amide bonds. The smallest absolute Gasteiger partial charge is 0.254 e. The van der Waals surface area contributed by atoms with Crippen LogP contribution in [-0.2, 0) is 0 Å². The van der Waals surface area contributed by atoms with Crippen molar-refractivity contribution in [2.45, 2.75) is 19.9 Å². The Morgan fingerprint density at radius 3 is 2.83 bits per heavy atom. The summed E-state index contributed by atoms with van der Waals surface area (Å²) in [6.07, 6.45) is 5.81. The first-order valence-electron chi connectivity index (χ1n) is 7.86. The minimum Gasteiger partial charge on any atom is -0.397 e. The van der Waals surface area contributed by atoms with Crippen molar-refractivity contribution in [1.82, 2.24) is 9.88 Å². The number of nitrogens with two attached hydrogens (primary N) is 1. The Hall–Kier alpha value is -2.62. The maximum atomic E-state index is 12.8. The zero-order chi connectivity index (χ0) is 16.4. The molecule has 1 aromatic heterocycles. The SMILES string of the molecule is CC(C)[C@H]1C=CCN1C(=O)c1cccc(-c2ccc(N)cn2)c1. The van der Waals surface area contributed by atoms with Crippen LogP contribution in [0.15, 0.2) is 54.7 Å². The Morgan fingerprint density at radius 1 is 1.30 bits per heavy atom.